The topological polar surface area (TPSA) is 91.6 Å². The van der Waals surface area contributed by atoms with Crippen LogP contribution in [0.5, 0.6) is 0 Å². The molecule has 31 heavy (non-hydrogen) atoms. The summed E-state index contributed by atoms with van der Waals surface area (Å²) in [5.41, 5.74) is -3.24. The van der Waals surface area contributed by atoms with Crippen LogP contribution in [0.4, 0.5) is 13.2 Å². The van der Waals surface area contributed by atoms with Crippen molar-refractivity contribution >= 4 is 51.0 Å². The van der Waals surface area contributed by atoms with Crippen LogP contribution >= 0.6 is 24.0 Å². The molecular weight excluding hydrogens is 548 g/mol. The van der Waals surface area contributed by atoms with Crippen LogP contribution in [0.25, 0.3) is 11.0 Å². The molecule has 8 nitrogen and oxygen atoms in total. The lowest BCUT2D eigenvalue weighted by Gasteiger charge is -2.32. The number of fused-ring (bicyclic) bond motifs is 1. The van der Waals surface area contributed by atoms with Crippen molar-refractivity contribution in [2.45, 2.75) is 37.4 Å². The lowest BCUT2D eigenvalue weighted by molar-refractivity contribution is -0.0494. The van der Waals surface area contributed by atoms with E-state index in [-0.39, 0.29) is 55.9 Å². The predicted molar refractivity (Wildman–Crippen MR) is 124 cm³/mol. The number of imidazole rings is 1. The maximum absolute atomic E-state index is 12.7. The Morgan fingerprint density at radius 3 is 2.58 bits per heavy atom. The molecule has 2 N–H and O–H groups in total. The molecule has 1 aliphatic heterocycles. The van der Waals surface area contributed by atoms with Gasteiger partial charge in [-0.25, -0.2) is 13.4 Å². The van der Waals surface area contributed by atoms with Gasteiger partial charge in [-0.05, 0) is 31.4 Å². The molecule has 1 aliphatic rings. The van der Waals surface area contributed by atoms with Gasteiger partial charge in [-0.1, -0.05) is 12.1 Å². The van der Waals surface area contributed by atoms with Gasteiger partial charge in [0.15, 0.2) is 5.96 Å². The molecule has 0 spiro atoms. The second-order valence-electron chi connectivity index (χ2n) is 7.05. The zero-order valence-electron chi connectivity index (χ0n) is 17.0. The molecule has 1 aromatic carbocycles. The van der Waals surface area contributed by atoms with Gasteiger partial charge in [-0.2, -0.15) is 17.5 Å². The van der Waals surface area contributed by atoms with E-state index in [1.165, 1.54) is 0 Å². The molecule has 1 saturated heterocycles. The summed E-state index contributed by atoms with van der Waals surface area (Å²) in [6, 6.07) is 7.74. The average Bonchev–Trinajstić information content (AvgIpc) is 3.13. The molecule has 13 heteroatoms. The molecule has 0 saturated carbocycles. The number of aryl methyl sites for hydroxylation is 1. The van der Waals surface area contributed by atoms with E-state index in [0.717, 1.165) is 24.0 Å². The Morgan fingerprint density at radius 1 is 1.26 bits per heavy atom. The Balaban J connectivity index is 0.00000341. The molecule has 0 amide bonds. The number of nitrogens with zero attached hydrogens (tertiary/aromatic N) is 4. The quantitative estimate of drug-likeness (QED) is 0.240. The van der Waals surface area contributed by atoms with Crippen LogP contribution in [0.2, 0.25) is 0 Å². The van der Waals surface area contributed by atoms with Crippen LogP contribution in [0, 0.1) is 0 Å². The molecule has 2 aromatic rings. The fourth-order valence-electron chi connectivity index (χ4n) is 3.42. The summed E-state index contributed by atoms with van der Waals surface area (Å²) in [7, 11) is -3.65. The zero-order valence-corrected chi connectivity index (χ0v) is 20.1. The van der Waals surface area contributed by atoms with E-state index in [1.807, 2.05) is 24.3 Å². The number of alkyl halides is 3. The fraction of sp³-hybridized carbons (Fsp3) is 0.556. The predicted octanol–water partition coefficient (Wildman–Crippen LogP) is 2.52. The molecular formula is C18H26F3IN6O2S. The monoisotopic (exact) mass is 574 g/mol. The number of nitrogens with one attached hydrogen (secondary N) is 2. The Labute approximate surface area is 196 Å². The highest BCUT2D eigenvalue weighted by Crippen LogP contribution is 2.28. The van der Waals surface area contributed by atoms with E-state index < -0.39 is 15.5 Å². The van der Waals surface area contributed by atoms with Gasteiger partial charge < -0.3 is 15.2 Å². The van der Waals surface area contributed by atoms with Gasteiger partial charge in [-0.3, -0.25) is 4.99 Å². The third-order valence-electron chi connectivity index (χ3n) is 5.05. The van der Waals surface area contributed by atoms with Crippen molar-refractivity contribution in [3.05, 3.63) is 30.6 Å². The second kappa shape index (κ2) is 10.8. The number of piperidine rings is 1. The number of sulfonamides is 1. The fourth-order valence-corrected chi connectivity index (χ4v) is 4.40. The highest BCUT2D eigenvalue weighted by atomic mass is 127. The van der Waals surface area contributed by atoms with Crippen molar-refractivity contribution in [2.24, 2.45) is 4.99 Å². The van der Waals surface area contributed by atoms with Crippen LogP contribution in [0.1, 0.15) is 19.3 Å². The van der Waals surface area contributed by atoms with Gasteiger partial charge in [0.1, 0.15) is 0 Å². The van der Waals surface area contributed by atoms with Crippen molar-refractivity contribution in [1.29, 1.82) is 0 Å². The Morgan fingerprint density at radius 2 is 1.94 bits per heavy atom. The van der Waals surface area contributed by atoms with Crippen LogP contribution < -0.4 is 10.6 Å². The van der Waals surface area contributed by atoms with Gasteiger partial charge in [0, 0.05) is 39.3 Å². The van der Waals surface area contributed by atoms with Crippen molar-refractivity contribution in [1.82, 2.24) is 24.5 Å². The first-order valence-corrected chi connectivity index (χ1v) is 11.1. The van der Waals surface area contributed by atoms with Crippen LogP contribution in [0.15, 0.2) is 35.6 Å². The summed E-state index contributed by atoms with van der Waals surface area (Å²) in [6.45, 7) is 1.07. The number of benzene rings is 1. The van der Waals surface area contributed by atoms with E-state index in [0.29, 0.717) is 16.8 Å². The van der Waals surface area contributed by atoms with E-state index in [4.69, 9.17) is 0 Å². The van der Waals surface area contributed by atoms with Gasteiger partial charge in [0.2, 0.25) is 0 Å². The Kier molecular flexibility index (Phi) is 8.94. The first-order chi connectivity index (χ1) is 14.2. The summed E-state index contributed by atoms with van der Waals surface area (Å²) in [5, 5.41) is 6.34. The molecule has 174 valence electrons. The van der Waals surface area contributed by atoms with E-state index >= 15 is 0 Å². The van der Waals surface area contributed by atoms with Crippen LogP contribution in [-0.4, -0.2) is 66.5 Å². The number of hydrogen-bond donors (Lipinski definition) is 2. The normalized spacial score (nSPS) is 16.8. The number of hydrogen-bond acceptors (Lipinski definition) is 4. The third-order valence-corrected chi connectivity index (χ3v) is 6.68. The number of rotatable bonds is 6. The van der Waals surface area contributed by atoms with Crippen molar-refractivity contribution in [3.63, 3.8) is 0 Å². The minimum atomic E-state index is -5.26. The number of aliphatic imine (C=N–C) groups is 1. The van der Waals surface area contributed by atoms with E-state index in [2.05, 4.69) is 25.2 Å². The van der Waals surface area contributed by atoms with E-state index in [9.17, 15) is 21.6 Å². The minimum absolute atomic E-state index is 0. The van der Waals surface area contributed by atoms with Gasteiger partial charge in [0.05, 0.1) is 17.4 Å². The summed E-state index contributed by atoms with van der Waals surface area (Å²) in [4.78, 5) is 8.49. The zero-order chi connectivity index (χ0) is 21.8. The average molecular weight is 574 g/mol. The van der Waals surface area contributed by atoms with Gasteiger partial charge in [0.25, 0.3) is 0 Å². The number of para-hydroxylation sites is 2. The van der Waals surface area contributed by atoms with E-state index in [1.54, 1.807) is 13.4 Å². The number of halogens is 4. The highest BCUT2D eigenvalue weighted by molar-refractivity contribution is 14.0. The van der Waals surface area contributed by atoms with Crippen LogP contribution in [-0.2, 0) is 16.6 Å². The molecule has 1 aromatic heterocycles. The molecule has 0 unspecified atom stereocenters. The molecule has 0 bridgehead atoms. The Hall–Kier alpha value is -1.61. The smallest absolute Gasteiger partial charge is 0.356 e. The van der Waals surface area contributed by atoms with Crippen LogP contribution in [0.3, 0.4) is 0 Å². The summed E-state index contributed by atoms with van der Waals surface area (Å²) in [5.74, 6) is 0.544. The lowest BCUT2D eigenvalue weighted by Crippen LogP contribution is -2.51. The SMILES string of the molecule is CN=C(NCCCn1cnc2ccccc21)NC1CCN(S(=O)(=O)C(F)(F)F)CC1.I. The second-order valence-corrected chi connectivity index (χ2v) is 8.98. The third kappa shape index (κ3) is 6.22. The number of aromatic nitrogens is 2. The largest absolute Gasteiger partial charge is 0.511 e. The van der Waals surface area contributed by atoms with Gasteiger partial charge >= 0.3 is 15.5 Å². The molecule has 3 rings (SSSR count). The van der Waals surface area contributed by atoms with Crippen molar-refractivity contribution < 1.29 is 21.6 Å². The maximum atomic E-state index is 12.7. The molecule has 1 fully saturated rings. The lowest BCUT2D eigenvalue weighted by atomic mass is 10.1. The molecule has 2 heterocycles. The Bertz CT molecular complexity index is 988. The highest BCUT2D eigenvalue weighted by Gasteiger charge is 2.50. The molecule has 0 atom stereocenters. The summed E-state index contributed by atoms with van der Waals surface area (Å²) in [6.07, 6.45) is 3.18. The first kappa shape index (κ1) is 25.6. The summed E-state index contributed by atoms with van der Waals surface area (Å²) < 4.78 is 63.5. The number of guanidine groups is 1. The van der Waals surface area contributed by atoms with Crippen molar-refractivity contribution in [2.75, 3.05) is 26.7 Å². The maximum Gasteiger partial charge on any atom is 0.511 e. The molecule has 0 radical (unpaired) electrons. The van der Waals surface area contributed by atoms with Crippen molar-refractivity contribution in [3.8, 4) is 0 Å². The standard InChI is InChI=1S/C18H25F3N6O2S.HI/c1-22-17(23-9-4-10-26-13-24-15-5-2-3-6-16(15)26)25-14-7-11-27(12-8-14)30(28,29)18(19,20)21;/h2-3,5-6,13-14H,4,7-12H2,1H3,(H2,22,23,25);1H. The first-order valence-electron chi connectivity index (χ1n) is 9.66. The van der Waals surface area contributed by atoms with Gasteiger partial charge in [-0.15, -0.1) is 24.0 Å². The summed E-state index contributed by atoms with van der Waals surface area (Å²) >= 11 is 0. The molecule has 0 aliphatic carbocycles. The minimum Gasteiger partial charge on any atom is -0.356 e.